The van der Waals surface area contributed by atoms with E-state index in [0.717, 1.165) is 43.1 Å². The lowest BCUT2D eigenvalue weighted by molar-refractivity contribution is -0.157. The van der Waals surface area contributed by atoms with Gasteiger partial charge in [-0.3, -0.25) is 14.6 Å². The quantitative estimate of drug-likeness (QED) is 0.360. The van der Waals surface area contributed by atoms with Gasteiger partial charge in [0.15, 0.2) is 0 Å². The average Bonchev–Trinajstić information content (AvgIpc) is 2.81. The minimum absolute atomic E-state index is 0.166. The first-order valence-corrected chi connectivity index (χ1v) is 12.5. The summed E-state index contributed by atoms with van der Waals surface area (Å²) in [6, 6.07) is 14.0. The number of hydrogen-bond acceptors (Lipinski definition) is 8. The van der Waals surface area contributed by atoms with Crippen LogP contribution in [0.25, 0.3) is 11.3 Å². The molecule has 0 spiro atoms. The van der Waals surface area contributed by atoms with Crippen LogP contribution < -0.4 is 5.32 Å². The lowest BCUT2D eigenvalue weighted by Gasteiger charge is -2.39. The highest BCUT2D eigenvalue weighted by atomic mass is 35.5. The van der Waals surface area contributed by atoms with Crippen molar-refractivity contribution < 1.29 is 9.53 Å². The molecule has 1 N–H and O–H groups in total. The second-order valence-corrected chi connectivity index (χ2v) is 10.5. The van der Waals surface area contributed by atoms with Crippen molar-refractivity contribution in [2.24, 2.45) is 0 Å². The molecule has 9 heteroatoms. The maximum atomic E-state index is 12.2. The largest absolute Gasteiger partial charge is 0.459 e. The summed E-state index contributed by atoms with van der Waals surface area (Å²) < 4.78 is 5.49. The summed E-state index contributed by atoms with van der Waals surface area (Å²) in [4.78, 5) is 30.0. The van der Waals surface area contributed by atoms with E-state index >= 15 is 0 Å². The molecule has 1 aliphatic rings. The second-order valence-electron chi connectivity index (χ2n) is 10.1. The Morgan fingerprint density at radius 2 is 2.00 bits per heavy atom. The van der Waals surface area contributed by atoms with Gasteiger partial charge in [0, 0.05) is 55.9 Å². The van der Waals surface area contributed by atoms with Crippen molar-refractivity contribution in [1.29, 1.82) is 0 Å². The van der Waals surface area contributed by atoms with Gasteiger partial charge in [0.2, 0.25) is 5.95 Å². The number of ether oxygens (including phenoxy) is 1. The molecule has 190 valence electrons. The standard InChI is InChI=1S/C27H33ClN6O2/c1-19-16-33(12-13-34(19)18-25(35)36-27(2,3)4)17-20-6-5-7-22(14-20)31-26-29-11-10-23(32-26)21-8-9-24(28)30-15-21/h5-11,14-15,19H,12-13,16-18H2,1-4H3,(H,29,31,32). The number of hydrogen-bond donors (Lipinski definition) is 1. The fraction of sp³-hybridized carbons (Fsp3) is 0.407. The van der Waals surface area contributed by atoms with Gasteiger partial charge in [-0.2, -0.15) is 0 Å². The van der Waals surface area contributed by atoms with E-state index in [2.05, 4.69) is 49.1 Å². The van der Waals surface area contributed by atoms with Crippen LogP contribution in [0.15, 0.2) is 54.9 Å². The van der Waals surface area contributed by atoms with Crippen molar-refractivity contribution in [3.05, 3.63) is 65.6 Å². The third-order valence-corrected chi connectivity index (χ3v) is 6.09. The smallest absolute Gasteiger partial charge is 0.320 e. The molecule has 2 aromatic heterocycles. The minimum Gasteiger partial charge on any atom is -0.459 e. The maximum Gasteiger partial charge on any atom is 0.320 e. The number of nitrogens with zero attached hydrogens (tertiary/aromatic N) is 5. The molecule has 0 bridgehead atoms. The van der Waals surface area contributed by atoms with Crippen LogP contribution in [0.2, 0.25) is 5.15 Å². The van der Waals surface area contributed by atoms with Gasteiger partial charge >= 0.3 is 5.97 Å². The van der Waals surface area contributed by atoms with Crippen molar-refractivity contribution in [3.63, 3.8) is 0 Å². The Labute approximate surface area is 217 Å². The van der Waals surface area contributed by atoms with Crippen molar-refractivity contribution >= 4 is 29.2 Å². The fourth-order valence-corrected chi connectivity index (χ4v) is 4.34. The molecule has 3 heterocycles. The van der Waals surface area contributed by atoms with E-state index in [1.165, 1.54) is 5.56 Å². The molecule has 1 aromatic carbocycles. The van der Waals surface area contributed by atoms with E-state index < -0.39 is 5.60 Å². The molecule has 3 aromatic rings. The molecule has 1 atom stereocenters. The second kappa shape index (κ2) is 11.3. The number of carbonyl (C=O) groups excluding carboxylic acids is 1. The fourth-order valence-electron chi connectivity index (χ4n) is 4.23. The van der Waals surface area contributed by atoms with Crippen molar-refractivity contribution in [2.75, 3.05) is 31.5 Å². The summed E-state index contributed by atoms with van der Waals surface area (Å²) in [5, 5.41) is 3.76. The third kappa shape index (κ3) is 7.46. The zero-order valence-corrected chi connectivity index (χ0v) is 22.0. The minimum atomic E-state index is -0.458. The zero-order chi connectivity index (χ0) is 25.7. The Morgan fingerprint density at radius 1 is 1.17 bits per heavy atom. The summed E-state index contributed by atoms with van der Waals surface area (Å²) >= 11 is 5.90. The SMILES string of the molecule is CC1CN(Cc2cccc(Nc3nccc(-c4ccc(Cl)nc4)n3)c2)CCN1CC(=O)OC(C)(C)C. The first-order valence-electron chi connectivity index (χ1n) is 12.1. The van der Waals surface area contributed by atoms with Gasteiger partial charge in [-0.05, 0) is 63.6 Å². The van der Waals surface area contributed by atoms with Crippen LogP contribution in [0.3, 0.4) is 0 Å². The summed E-state index contributed by atoms with van der Waals surface area (Å²) in [7, 11) is 0. The van der Waals surface area contributed by atoms with Crippen molar-refractivity contribution in [1.82, 2.24) is 24.8 Å². The molecule has 0 radical (unpaired) electrons. The number of rotatable bonds is 7. The van der Waals surface area contributed by atoms with Gasteiger partial charge in [0.1, 0.15) is 10.8 Å². The monoisotopic (exact) mass is 508 g/mol. The van der Waals surface area contributed by atoms with E-state index in [1.54, 1.807) is 18.5 Å². The highest BCUT2D eigenvalue weighted by Crippen LogP contribution is 2.22. The zero-order valence-electron chi connectivity index (χ0n) is 21.2. The Kier molecular flexibility index (Phi) is 8.18. The Balaban J connectivity index is 1.34. The van der Waals surface area contributed by atoms with Crippen LogP contribution >= 0.6 is 11.6 Å². The van der Waals surface area contributed by atoms with Gasteiger partial charge in [-0.15, -0.1) is 0 Å². The number of halogens is 1. The van der Waals surface area contributed by atoms with Crippen LogP contribution in [-0.4, -0.2) is 68.5 Å². The van der Waals surface area contributed by atoms with Crippen molar-refractivity contribution in [3.8, 4) is 11.3 Å². The number of benzene rings is 1. The summed E-state index contributed by atoms with van der Waals surface area (Å²) in [6.45, 7) is 11.6. The number of pyridine rings is 1. The molecule has 0 aliphatic carbocycles. The number of carbonyl (C=O) groups is 1. The number of piperazine rings is 1. The lowest BCUT2D eigenvalue weighted by Crippen LogP contribution is -2.53. The van der Waals surface area contributed by atoms with Gasteiger partial charge in [-0.1, -0.05) is 23.7 Å². The van der Waals surface area contributed by atoms with Crippen molar-refractivity contribution in [2.45, 2.75) is 45.9 Å². The maximum absolute atomic E-state index is 12.2. The van der Waals surface area contributed by atoms with Crippen LogP contribution in [0, 0.1) is 0 Å². The van der Waals surface area contributed by atoms with Gasteiger partial charge < -0.3 is 10.1 Å². The summed E-state index contributed by atoms with van der Waals surface area (Å²) in [6.07, 6.45) is 3.42. The summed E-state index contributed by atoms with van der Waals surface area (Å²) in [5.41, 5.74) is 3.31. The normalized spacial score (nSPS) is 17.1. The molecule has 0 amide bonds. The highest BCUT2D eigenvalue weighted by Gasteiger charge is 2.27. The molecule has 8 nitrogen and oxygen atoms in total. The number of nitrogens with one attached hydrogen (secondary N) is 1. The third-order valence-electron chi connectivity index (χ3n) is 5.87. The summed E-state index contributed by atoms with van der Waals surface area (Å²) in [5.74, 6) is 0.351. The van der Waals surface area contributed by atoms with Crippen LogP contribution in [0.1, 0.15) is 33.3 Å². The predicted molar refractivity (Wildman–Crippen MR) is 142 cm³/mol. The molecule has 4 rings (SSSR count). The molecule has 36 heavy (non-hydrogen) atoms. The van der Waals surface area contributed by atoms with Gasteiger partial charge in [0.25, 0.3) is 0 Å². The van der Waals surface area contributed by atoms with Crippen LogP contribution in [-0.2, 0) is 16.1 Å². The van der Waals surface area contributed by atoms with Gasteiger partial charge in [0.05, 0.1) is 12.2 Å². The van der Waals surface area contributed by atoms with E-state index in [0.29, 0.717) is 17.6 Å². The average molecular weight is 509 g/mol. The Morgan fingerprint density at radius 3 is 2.72 bits per heavy atom. The Bertz CT molecular complexity index is 1180. The first-order chi connectivity index (χ1) is 17.1. The number of aromatic nitrogens is 3. The van der Waals surface area contributed by atoms with E-state index in [4.69, 9.17) is 16.3 Å². The van der Waals surface area contributed by atoms with Crippen LogP contribution in [0.5, 0.6) is 0 Å². The molecule has 1 saturated heterocycles. The molecule has 1 aliphatic heterocycles. The van der Waals surface area contributed by atoms with E-state index in [9.17, 15) is 4.79 Å². The highest BCUT2D eigenvalue weighted by molar-refractivity contribution is 6.29. The van der Waals surface area contributed by atoms with Gasteiger partial charge in [-0.25, -0.2) is 15.0 Å². The molecule has 1 unspecified atom stereocenters. The van der Waals surface area contributed by atoms with E-state index in [1.807, 2.05) is 45.0 Å². The predicted octanol–water partition coefficient (Wildman–Crippen LogP) is 4.78. The van der Waals surface area contributed by atoms with Crippen LogP contribution in [0.4, 0.5) is 11.6 Å². The topological polar surface area (TPSA) is 83.5 Å². The number of anilines is 2. The van der Waals surface area contributed by atoms with E-state index in [-0.39, 0.29) is 12.0 Å². The lowest BCUT2D eigenvalue weighted by atomic mass is 10.1. The molecular formula is C27H33ClN6O2. The molecule has 0 saturated carbocycles. The first kappa shape index (κ1) is 26.0. The molecule has 1 fully saturated rings. The number of esters is 1. The molecular weight excluding hydrogens is 476 g/mol. The Hall–Kier alpha value is -3.07.